The quantitative estimate of drug-likeness (QED) is 0.845. The van der Waals surface area contributed by atoms with E-state index in [4.69, 9.17) is 10.2 Å². The highest BCUT2D eigenvalue weighted by atomic mass is 16.3. The molecular weight excluding hydrogens is 204 g/mol. The zero-order valence-corrected chi connectivity index (χ0v) is 9.13. The van der Waals surface area contributed by atoms with Gasteiger partial charge in [-0.3, -0.25) is 0 Å². The molecule has 2 aromatic rings. The molecule has 16 heavy (non-hydrogen) atoms. The van der Waals surface area contributed by atoms with E-state index in [1.165, 1.54) is 0 Å². The second-order valence-electron chi connectivity index (χ2n) is 3.36. The van der Waals surface area contributed by atoms with Gasteiger partial charge in [0, 0.05) is 18.9 Å². The van der Waals surface area contributed by atoms with Crippen LogP contribution in [0.3, 0.4) is 0 Å². The van der Waals surface area contributed by atoms with Crippen LogP contribution in [0.2, 0.25) is 0 Å². The lowest BCUT2D eigenvalue weighted by atomic mass is 10.4. The standard InChI is InChI=1S/C11H14N4O/c1-2-15(8-9-4-3-7-16-9)11-10(12)13-5-6-14-11/h3-7H,2,8H2,1H3,(H2,12,13). The van der Waals surface area contributed by atoms with Gasteiger partial charge in [0.2, 0.25) is 0 Å². The number of nitrogens with zero attached hydrogens (tertiary/aromatic N) is 3. The molecule has 0 bridgehead atoms. The number of rotatable bonds is 4. The molecule has 2 heterocycles. The zero-order valence-electron chi connectivity index (χ0n) is 9.13. The van der Waals surface area contributed by atoms with Gasteiger partial charge in [-0.2, -0.15) is 0 Å². The molecule has 0 aliphatic rings. The first-order chi connectivity index (χ1) is 7.81. The molecule has 0 aromatic carbocycles. The second kappa shape index (κ2) is 4.65. The Hall–Kier alpha value is -2.04. The lowest BCUT2D eigenvalue weighted by Gasteiger charge is -2.21. The van der Waals surface area contributed by atoms with Crippen LogP contribution in [0.4, 0.5) is 11.6 Å². The van der Waals surface area contributed by atoms with E-state index in [2.05, 4.69) is 9.97 Å². The Kier molecular flexibility index (Phi) is 3.05. The number of furan rings is 1. The molecule has 0 aliphatic carbocycles. The van der Waals surface area contributed by atoms with Crippen molar-refractivity contribution in [2.75, 3.05) is 17.2 Å². The zero-order chi connectivity index (χ0) is 11.4. The summed E-state index contributed by atoms with van der Waals surface area (Å²) in [5.74, 6) is 2.02. The SMILES string of the molecule is CCN(Cc1ccco1)c1nccnc1N. The van der Waals surface area contributed by atoms with Crippen molar-refractivity contribution in [2.24, 2.45) is 0 Å². The van der Waals surface area contributed by atoms with Crippen molar-refractivity contribution >= 4 is 11.6 Å². The number of aromatic nitrogens is 2. The Morgan fingerprint density at radius 1 is 1.38 bits per heavy atom. The first-order valence-corrected chi connectivity index (χ1v) is 5.15. The van der Waals surface area contributed by atoms with Crippen molar-refractivity contribution in [2.45, 2.75) is 13.5 Å². The highest BCUT2D eigenvalue weighted by molar-refractivity contribution is 5.57. The molecular formula is C11H14N4O. The molecule has 0 amide bonds. The Bertz CT molecular complexity index is 441. The van der Waals surface area contributed by atoms with E-state index in [9.17, 15) is 0 Å². The molecule has 0 atom stereocenters. The fourth-order valence-corrected chi connectivity index (χ4v) is 1.51. The summed E-state index contributed by atoms with van der Waals surface area (Å²) in [5, 5.41) is 0. The van der Waals surface area contributed by atoms with E-state index >= 15 is 0 Å². The van der Waals surface area contributed by atoms with Gasteiger partial charge in [-0.05, 0) is 19.1 Å². The molecule has 0 saturated heterocycles. The van der Waals surface area contributed by atoms with Gasteiger partial charge in [0.05, 0.1) is 12.8 Å². The lowest BCUT2D eigenvalue weighted by Crippen LogP contribution is -2.24. The highest BCUT2D eigenvalue weighted by Crippen LogP contribution is 2.18. The Morgan fingerprint density at radius 2 is 2.19 bits per heavy atom. The maximum atomic E-state index is 5.78. The first-order valence-electron chi connectivity index (χ1n) is 5.15. The lowest BCUT2D eigenvalue weighted by molar-refractivity contribution is 0.503. The van der Waals surface area contributed by atoms with Crippen LogP contribution in [0.1, 0.15) is 12.7 Å². The molecule has 2 N–H and O–H groups in total. The molecule has 0 unspecified atom stereocenters. The first kappa shape index (κ1) is 10.5. The number of nitrogen functional groups attached to an aromatic ring is 1. The van der Waals surface area contributed by atoms with Gasteiger partial charge >= 0.3 is 0 Å². The number of anilines is 2. The minimum absolute atomic E-state index is 0.441. The monoisotopic (exact) mass is 218 g/mol. The fraction of sp³-hybridized carbons (Fsp3) is 0.273. The summed E-state index contributed by atoms with van der Waals surface area (Å²) < 4.78 is 5.30. The van der Waals surface area contributed by atoms with Gasteiger partial charge in [-0.25, -0.2) is 9.97 Å². The molecule has 84 valence electrons. The minimum atomic E-state index is 0.441. The van der Waals surface area contributed by atoms with E-state index in [1.807, 2.05) is 24.0 Å². The van der Waals surface area contributed by atoms with Crippen molar-refractivity contribution in [1.29, 1.82) is 0 Å². The highest BCUT2D eigenvalue weighted by Gasteiger charge is 2.11. The third-order valence-corrected chi connectivity index (χ3v) is 2.31. The van der Waals surface area contributed by atoms with Crippen LogP contribution in [-0.2, 0) is 6.54 Å². The van der Waals surface area contributed by atoms with Crippen molar-refractivity contribution in [3.63, 3.8) is 0 Å². The largest absolute Gasteiger partial charge is 0.467 e. The van der Waals surface area contributed by atoms with Crippen LogP contribution in [0, 0.1) is 0 Å². The summed E-state index contributed by atoms with van der Waals surface area (Å²) in [7, 11) is 0. The van der Waals surface area contributed by atoms with Crippen LogP contribution in [-0.4, -0.2) is 16.5 Å². The van der Waals surface area contributed by atoms with Gasteiger partial charge in [-0.1, -0.05) is 0 Å². The Morgan fingerprint density at radius 3 is 2.81 bits per heavy atom. The van der Waals surface area contributed by atoms with E-state index in [-0.39, 0.29) is 0 Å². The van der Waals surface area contributed by atoms with E-state index in [0.29, 0.717) is 18.2 Å². The summed E-state index contributed by atoms with van der Waals surface area (Å²) in [6.07, 6.45) is 4.87. The number of nitrogens with two attached hydrogens (primary N) is 1. The minimum Gasteiger partial charge on any atom is -0.467 e. The fourth-order valence-electron chi connectivity index (χ4n) is 1.51. The topological polar surface area (TPSA) is 68.2 Å². The van der Waals surface area contributed by atoms with Crippen molar-refractivity contribution in [1.82, 2.24) is 9.97 Å². The normalized spacial score (nSPS) is 10.3. The van der Waals surface area contributed by atoms with Crippen LogP contribution >= 0.6 is 0 Å². The van der Waals surface area contributed by atoms with Crippen LogP contribution in [0.5, 0.6) is 0 Å². The maximum absolute atomic E-state index is 5.78. The Balaban J connectivity index is 2.20. The van der Waals surface area contributed by atoms with Gasteiger partial charge in [0.15, 0.2) is 11.6 Å². The molecule has 5 heteroatoms. The third-order valence-electron chi connectivity index (χ3n) is 2.31. The van der Waals surface area contributed by atoms with E-state index in [0.717, 1.165) is 12.3 Å². The molecule has 0 fully saturated rings. The Labute approximate surface area is 93.9 Å². The summed E-state index contributed by atoms with van der Waals surface area (Å²) in [6.45, 7) is 3.48. The number of hydrogen-bond acceptors (Lipinski definition) is 5. The average Bonchev–Trinajstić information content (AvgIpc) is 2.80. The van der Waals surface area contributed by atoms with Crippen molar-refractivity contribution in [3.8, 4) is 0 Å². The predicted octanol–water partition coefficient (Wildman–Crippen LogP) is 1.68. The molecule has 0 saturated carbocycles. The van der Waals surface area contributed by atoms with Crippen molar-refractivity contribution < 1.29 is 4.42 Å². The summed E-state index contributed by atoms with van der Waals surface area (Å²) in [4.78, 5) is 10.3. The van der Waals surface area contributed by atoms with Gasteiger partial charge < -0.3 is 15.1 Å². The van der Waals surface area contributed by atoms with Crippen LogP contribution in [0.25, 0.3) is 0 Å². The van der Waals surface area contributed by atoms with E-state index < -0.39 is 0 Å². The average molecular weight is 218 g/mol. The van der Waals surface area contributed by atoms with Crippen LogP contribution in [0.15, 0.2) is 35.2 Å². The smallest absolute Gasteiger partial charge is 0.171 e. The molecule has 5 nitrogen and oxygen atoms in total. The van der Waals surface area contributed by atoms with Gasteiger partial charge in [0.25, 0.3) is 0 Å². The van der Waals surface area contributed by atoms with Crippen LogP contribution < -0.4 is 10.6 Å². The number of hydrogen-bond donors (Lipinski definition) is 1. The van der Waals surface area contributed by atoms with Gasteiger partial charge in [-0.15, -0.1) is 0 Å². The van der Waals surface area contributed by atoms with Gasteiger partial charge in [0.1, 0.15) is 5.76 Å². The molecule has 2 aromatic heterocycles. The molecule has 0 radical (unpaired) electrons. The summed E-state index contributed by atoms with van der Waals surface area (Å²) in [5.41, 5.74) is 5.78. The molecule has 2 rings (SSSR count). The second-order valence-corrected chi connectivity index (χ2v) is 3.36. The van der Waals surface area contributed by atoms with E-state index in [1.54, 1.807) is 18.7 Å². The molecule has 0 aliphatic heterocycles. The summed E-state index contributed by atoms with van der Waals surface area (Å²) in [6, 6.07) is 3.79. The predicted molar refractivity (Wildman–Crippen MR) is 61.9 cm³/mol. The third kappa shape index (κ3) is 2.13. The maximum Gasteiger partial charge on any atom is 0.171 e. The van der Waals surface area contributed by atoms with Crippen molar-refractivity contribution in [3.05, 3.63) is 36.5 Å². The molecule has 0 spiro atoms. The summed E-state index contributed by atoms with van der Waals surface area (Å²) >= 11 is 0.